The van der Waals surface area contributed by atoms with E-state index >= 15 is 0 Å². The summed E-state index contributed by atoms with van der Waals surface area (Å²) in [7, 11) is 0. The molecule has 2 heterocycles. The molecule has 2 nitrogen and oxygen atoms in total. The molecule has 2 aromatic heterocycles. The Labute approximate surface area is 186 Å². The summed E-state index contributed by atoms with van der Waals surface area (Å²) >= 11 is 0. The summed E-state index contributed by atoms with van der Waals surface area (Å²) in [4.78, 5) is 4.70. The predicted molar refractivity (Wildman–Crippen MR) is 128 cm³/mol. The van der Waals surface area contributed by atoms with Crippen LogP contribution in [0.1, 0.15) is 43.6 Å². The normalized spacial score (nSPS) is 14.9. The maximum atomic E-state index is 13.3. The highest BCUT2D eigenvalue weighted by atomic mass is 19.1. The van der Waals surface area contributed by atoms with E-state index in [1.54, 1.807) is 12.1 Å². The minimum atomic E-state index is -0.230. The standard InChI is InChI=1S/C29H24FNO/c30-23-12-9-20(10-13-23)21-11-14-24-25-7-4-8-26(29(25)32-28(24)18-21)27-17-22(15-16-31-27)19-5-2-1-3-6-19/h4,7-19H,1-3,5-6H2. The highest BCUT2D eigenvalue weighted by molar-refractivity contribution is 6.10. The molecule has 0 spiro atoms. The maximum absolute atomic E-state index is 13.3. The van der Waals surface area contributed by atoms with E-state index in [2.05, 4.69) is 42.5 Å². The van der Waals surface area contributed by atoms with Crippen LogP contribution in [0.25, 0.3) is 44.3 Å². The Morgan fingerprint density at radius 3 is 2.44 bits per heavy atom. The van der Waals surface area contributed by atoms with Crippen molar-refractivity contribution in [2.75, 3.05) is 0 Å². The number of pyridine rings is 1. The van der Waals surface area contributed by atoms with E-state index < -0.39 is 0 Å². The van der Waals surface area contributed by atoms with Gasteiger partial charge in [0.1, 0.15) is 17.0 Å². The second-order valence-corrected chi connectivity index (χ2v) is 8.81. The van der Waals surface area contributed by atoms with Crippen molar-refractivity contribution in [1.82, 2.24) is 4.98 Å². The number of nitrogens with zero attached hydrogens (tertiary/aromatic N) is 1. The van der Waals surface area contributed by atoms with E-state index in [0.29, 0.717) is 5.92 Å². The van der Waals surface area contributed by atoms with Crippen LogP contribution in [-0.4, -0.2) is 4.98 Å². The zero-order chi connectivity index (χ0) is 21.5. The largest absolute Gasteiger partial charge is 0.455 e. The lowest BCUT2D eigenvalue weighted by molar-refractivity contribution is 0.443. The monoisotopic (exact) mass is 421 g/mol. The third kappa shape index (κ3) is 3.38. The molecule has 0 amide bonds. The number of aromatic nitrogens is 1. The topological polar surface area (TPSA) is 26.0 Å². The van der Waals surface area contributed by atoms with Crippen LogP contribution in [0.15, 0.2) is 83.4 Å². The number of furan rings is 1. The predicted octanol–water partition coefficient (Wildman–Crippen LogP) is 8.50. The molecule has 32 heavy (non-hydrogen) atoms. The van der Waals surface area contributed by atoms with Gasteiger partial charge in [0.05, 0.1) is 5.69 Å². The summed E-state index contributed by atoms with van der Waals surface area (Å²) in [6.45, 7) is 0. The summed E-state index contributed by atoms with van der Waals surface area (Å²) in [5.41, 5.74) is 7.06. The minimum Gasteiger partial charge on any atom is -0.455 e. The summed E-state index contributed by atoms with van der Waals surface area (Å²) in [5.74, 6) is 0.407. The average Bonchev–Trinajstić information content (AvgIpc) is 3.23. The Morgan fingerprint density at radius 2 is 1.59 bits per heavy atom. The first kappa shape index (κ1) is 19.2. The Kier molecular flexibility index (Phi) is 4.75. The number of rotatable bonds is 3. The van der Waals surface area contributed by atoms with Crippen LogP contribution in [-0.2, 0) is 0 Å². The van der Waals surface area contributed by atoms with Crippen LogP contribution < -0.4 is 0 Å². The maximum Gasteiger partial charge on any atom is 0.144 e. The molecular formula is C29H24FNO. The Morgan fingerprint density at radius 1 is 0.781 bits per heavy atom. The zero-order valence-corrected chi connectivity index (χ0v) is 17.9. The fourth-order valence-corrected chi connectivity index (χ4v) is 5.11. The van der Waals surface area contributed by atoms with Crippen LogP contribution in [0.3, 0.4) is 0 Å². The van der Waals surface area contributed by atoms with E-state index in [0.717, 1.165) is 44.3 Å². The van der Waals surface area contributed by atoms with Crippen LogP contribution in [0.5, 0.6) is 0 Å². The Bertz CT molecular complexity index is 1410. The van der Waals surface area contributed by atoms with Gasteiger partial charge in [0.25, 0.3) is 0 Å². The Balaban J connectivity index is 1.45. The molecule has 0 saturated heterocycles. The fourth-order valence-electron chi connectivity index (χ4n) is 5.11. The third-order valence-electron chi connectivity index (χ3n) is 6.81. The Hall–Kier alpha value is -3.46. The molecule has 6 rings (SSSR count). The molecule has 1 aliphatic rings. The number of hydrogen-bond donors (Lipinski definition) is 0. The summed E-state index contributed by atoms with van der Waals surface area (Å²) < 4.78 is 19.7. The number of hydrogen-bond acceptors (Lipinski definition) is 2. The molecule has 0 atom stereocenters. The van der Waals surface area contributed by atoms with E-state index in [1.165, 1.54) is 49.8 Å². The van der Waals surface area contributed by atoms with E-state index in [9.17, 15) is 4.39 Å². The van der Waals surface area contributed by atoms with Crippen molar-refractivity contribution in [2.24, 2.45) is 0 Å². The van der Waals surface area contributed by atoms with Gasteiger partial charge in [0, 0.05) is 22.5 Å². The highest BCUT2D eigenvalue weighted by Gasteiger charge is 2.18. The first-order chi connectivity index (χ1) is 15.8. The average molecular weight is 422 g/mol. The van der Waals surface area contributed by atoms with Gasteiger partial charge < -0.3 is 4.42 Å². The summed E-state index contributed by atoms with van der Waals surface area (Å²) in [5, 5.41) is 2.17. The number of halogens is 1. The van der Waals surface area contributed by atoms with E-state index in [4.69, 9.17) is 9.40 Å². The molecule has 0 radical (unpaired) electrons. The van der Waals surface area contributed by atoms with Gasteiger partial charge in [-0.15, -0.1) is 0 Å². The van der Waals surface area contributed by atoms with Gasteiger partial charge >= 0.3 is 0 Å². The van der Waals surface area contributed by atoms with Gasteiger partial charge in [-0.05, 0) is 77.9 Å². The third-order valence-corrected chi connectivity index (χ3v) is 6.81. The first-order valence-electron chi connectivity index (χ1n) is 11.4. The number of fused-ring (bicyclic) bond motifs is 3. The SMILES string of the molecule is Fc1ccc(-c2ccc3c(c2)oc2c(-c4cc(C5CCCCC5)ccn4)cccc23)cc1. The molecule has 1 aliphatic carbocycles. The lowest BCUT2D eigenvalue weighted by atomic mass is 9.84. The van der Waals surface area contributed by atoms with Crippen LogP contribution >= 0.6 is 0 Å². The zero-order valence-electron chi connectivity index (χ0n) is 17.9. The lowest BCUT2D eigenvalue weighted by Gasteiger charge is -2.22. The van der Waals surface area contributed by atoms with Crippen molar-refractivity contribution in [3.63, 3.8) is 0 Å². The molecule has 158 valence electrons. The van der Waals surface area contributed by atoms with Gasteiger partial charge in [-0.25, -0.2) is 4.39 Å². The van der Waals surface area contributed by atoms with Crippen LogP contribution in [0, 0.1) is 5.82 Å². The van der Waals surface area contributed by atoms with Crippen molar-refractivity contribution >= 4 is 21.9 Å². The molecule has 1 saturated carbocycles. The van der Waals surface area contributed by atoms with Gasteiger partial charge in [-0.2, -0.15) is 0 Å². The number of benzene rings is 3. The molecule has 0 aliphatic heterocycles. The molecular weight excluding hydrogens is 397 g/mol. The highest BCUT2D eigenvalue weighted by Crippen LogP contribution is 2.38. The molecule has 3 heteroatoms. The summed E-state index contributed by atoms with van der Waals surface area (Å²) in [6, 6.07) is 23.5. The van der Waals surface area contributed by atoms with Crippen molar-refractivity contribution in [3.8, 4) is 22.4 Å². The molecule has 5 aromatic rings. The fraction of sp³-hybridized carbons (Fsp3) is 0.207. The molecule has 0 N–H and O–H groups in total. The van der Waals surface area contributed by atoms with Gasteiger partial charge in [-0.1, -0.05) is 49.6 Å². The van der Waals surface area contributed by atoms with Crippen molar-refractivity contribution in [1.29, 1.82) is 0 Å². The first-order valence-corrected chi connectivity index (χ1v) is 11.4. The van der Waals surface area contributed by atoms with E-state index in [-0.39, 0.29) is 5.82 Å². The van der Waals surface area contributed by atoms with Crippen molar-refractivity contribution in [2.45, 2.75) is 38.0 Å². The van der Waals surface area contributed by atoms with Gasteiger partial charge in [0.2, 0.25) is 0 Å². The van der Waals surface area contributed by atoms with Crippen LogP contribution in [0.2, 0.25) is 0 Å². The molecule has 0 bridgehead atoms. The minimum absolute atomic E-state index is 0.230. The lowest BCUT2D eigenvalue weighted by Crippen LogP contribution is -2.04. The molecule has 3 aromatic carbocycles. The van der Waals surface area contributed by atoms with Crippen molar-refractivity contribution < 1.29 is 8.81 Å². The van der Waals surface area contributed by atoms with Gasteiger partial charge in [0.15, 0.2) is 0 Å². The van der Waals surface area contributed by atoms with E-state index in [1.807, 2.05) is 12.3 Å². The molecule has 0 unspecified atom stereocenters. The smallest absolute Gasteiger partial charge is 0.144 e. The molecule has 1 fully saturated rings. The number of para-hydroxylation sites is 1. The van der Waals surface area contributed by atoms with Crippen LogP contribution in [0.4, 0.5) is 4.39 Å². The second kappa shape index (κ2) is 7.90. The summed E-state index contributed by atoms with van der Waals surface area (Å²) in [6.07, 6.45) is 8.46. The second-order valence-electron chi connectivity index (χ2n) is 8.81. The van der Waals surface area contributed by atoms with Gasteiger partial charge in [-0.3, -0.25) is 4.98 Å². The quantitative estimate of drug-likeness (QED) is 0.292. The van der Waals surface area contributed by atoms with Crippen molar-refractivity contribution in [3.05, 3.63) is 90.4 Å².